The highest BCUT2D eigenvalue weighted by Gasteiger charge is 2.33. The van der Waals surface area contributed by atoms with Gasteiger partial charge in [0.1, 0.15) is 0 Å². The molecule has 110 valence electrons. The predicted molar refractivity (Wildman–Crippen MR) is 77.0 cm³/mol. The summed E-state index contributed by atoms with van der Waals surface area (Å²) >= 11 is 0. The molecule has 19 heavy (non-hydrogen) atoms. The number of rotatable bonds is 8. The average molecular weight is 268 g/mol. The van der Waals surface area contributed by atoms with Gasteiger partial charge in [-0.15, -0.1) is 0 Å². The Morgan fingerprint density at radius 3 is 2.21 bits per heavy atom. The van der Waals surface area contributed by atoms with Crippen LogP contribution in [-0.2, 0) is 6.42 Å². The van der Waals surface area contributed by atoms with Gasteiger partial charge in [0.05, 0.1) is 24.9 Å². The Labute approximate surface area is 116 Å². The van der Waals surface area contributed by atoms with Crippen LogP contribution in [0, 0.1) is 11.3 Å². The van der Waals surface area contributed by atoms with Gasteiger partial charge in [0.15, 0.2) is 0 Å². The van der Waals surface area contributed by atoms with Crippen molar-refractivity contribution < 1.29 is 10.2 Å². The highest BCUT2D eigenvalue weighted by molar-refractivity contribution is 5.05. The number of nitrogens with zero attached hydrogens (tertiary/aromatic N) is 2. The number of aromatic nitrogens is 2. The number of hydrogen-bond donors (Lipinski definition) is 2. The van der Waals surface area contributed by atoms with Crippen molar-refractivity contribution in [2.24, 2.45) is 11.3 Å². The molecule has 0 aliphatic carbocycles. The van der Waals surface area contributed by atoms with Crippen LogP contribution >= 0.6 is 0 Å². The zero-order chi connectivity index (χ0) is 14.5. The van der Waals surface area contributed by atoms with Gasteiger partial charge in [0, 0.05) is 18.0 Å². The van der Waals surface area contributed by atoms with Gasteiger partial charge in [-0.25, -0.2) is 0 Å². The lowest BCUT2D eigenvalue weighted by atomic mass is 9.75. The van der Waals surface area contributed by atoms with Crippen LogP contribution in [0.3, 0.4) is 0 Å². The van der Waals surface area contributed by atoms with E-state index in [0.29, 0.717) is 12.5 Å². The molecule has 4 heteroatoms. The van der Waals surface area contributed by atoms with Crippen molar-refractivity contribution in [3.05, 3.63) is 18.0 Å². The van der Waals surface area contributed by atoms with E-state index in [1.165, 1.54) is 0 Å². The highest BCUT2D eigenvalue weighted by Crippen LogP contribution is 2.30. The van der Waals surface area contributed by atoms with Crippen molar-refractivity contribution in [3.63, 3.8) is 0 Å². The zero-order valence-corrected chi connectivity index (χ0v) is 12.6. The third-order valence-electron chi connectivity index (χ3n) is 4.37. The van der Waals surface area contributed by atoms with E-state index in [4.69, 9.17) is 0 Å². The largest absolute Gasteiger partial charge is 0.396 e. The van der Waals surface area contributed by atoms with Gasteiger partial charge in [-0.2, -0.15) is 5.10 Å². The van der Waals surface area contributed by atoms with E-state index in [1.54, 1.807) is 0 Å². The molecule has 1 aromatic heterocycles. The maximum atomic E-state index is 9.62. The molecule has 2 N–H and O–H groups in total. The molecule has 0 saturated heterocycles. The Kier molecular flexibility index (Phi) is 6.01. The molecule has 4 nitrogen and oxygen atoms in total. The number of aliphatic hydroxyl groups excluding tert-OH is 2. The molecule has 0 radical (unpaired) electrons. The van der Waals surface area contributed by atoms with E-state index in [9.17, 15) is 10.2 Å². The van der Waals surface area contributed by atoms with Crippen LogP contribution in [0.1, 0.15) is 52.3 Å². The summed E-state index contributed by atoms with van der Waals surface area (Å²) in [6.07, 6.45) is 4.75. The summed E-state index contributed by atoms with van der Waals surface area (Å²) in [5.41, 5.74) is 0.469. The molecule has 0 spiro atoms. The summed E-state index contributed by atoms with van der Waals surface area (Å²) < 4.78 is 2.01. The molecule has 0 bridgehead atoms. The van der Waals surface area contributed by atoms with Crippen LogP contribution in [0.5, 0.6) is 0 Å². The van der Waals surface area contributed by atoms with Crippen LogP contribution in [-0.4, -0.2) is 33.2 Å². The van der Waals surface area contributed by atoms with Gasteiger partial charge >= 0.3 is 0 Å². The van der Waals surface area contributed by atoms with E-state index in [0.717, 1.165) is 18.5 Å². The van der Waals surface area contributed by atoms with E-state index in [2.05, 4.69) is 18.9 Å². The van der Waals surface area contributed by atoms with Gasteiger partial charge in [0.25, 0.3) is 0 Å². The minimum absolute atomic E-state index is 0.0149. The molecule has 1 rings (SSSR count). The van der Waals surface area contributed by atoms with E-state index in [1.807, 2.05) is 30.8 Å². The molecule has 0 unspecified atom stereocenters. The lowest BCUT2D eigenvalue weighted by Crippen LogP contribution is -2.37. The van der Waals surface area contributed by atoms with Crippen LogP contribution in [0.2, 0.25) is 0 Å². The van der Waals surface area contributed by atoms with Gasteiger partial charge in [-0.05, 0) is 24.8 Å². The predicted octanol–water partition coefficient (Wildman–Crippen LogP) is 2.41. The molecular weight excluding hydrogens is 240 g/mol. The SMILES string of the molecule is CCC(CC)n1ccc(CC(CO)(CO)C(C)C)n1. The van der Waals surface area contributed by atoms with Gasteiger partial charge in [-0.3, -0.25) is 4.68 Å². The fourth-order valence-corrected chi connectivity index (χ4v) is 2.43. The number of hydrogen-bond acceptors (Lipinski definition) is 3. The second-order valence-corrected chi connectivity index (χ2v) is 5.77. The fourth-order valence-electron chi connectivity index (χ4n) is 2.43. The van der Waals surface area contributed by atoms with E-state index in [-0.39, 0.29) is 19.1 Å². The number of aliphatic hydroxyl groups is 2. The minimum Gasteiger partial charge on any atom is -0.396 e. The Hall–Kier alpha value is -0.870. The quantitative estimate of drug-likeness (QED) is 0.761. The smallest absolute Gasteiger partial charge is 0.0632 e. The Morgan fingerprint density at radius 2 is 1.79 bits per heavy atom. The minimum atomic E-state index is -0.479. The summed E-state index contributed by atoms with van der Waals surface area (Å²) in [7, 11) is 0. The molecule has 0 amide bonds. The molecule has 0 saturated carbocycles. The maximum Gasteiger partial charge on any atom is 0.0632 e. The maximum absolute atomic E-state index is 9.62. The van der Waals surface area contributed by atoms with Crippen molar-refractivity contribution in [1.29, 1.82) is 0 Å². The monoisotopic (exact) mass is 268 g/mol. The topological polar surface area (TPSA) is 58.3 Å². The van der Waals surface area contributed by atoms with Crippen molar-refractivity contribution in [1.82, 2.24) is 9.78 Å². The molecule has 1 aromatic rings. The first-order valence-electron chi connectivity index (χ1n) is 7.28. The average Bonchev–Trinajstić information content (AvgIpc) is 2.85. The van der Waals surface area contributed by atoms with Crippen LogP contribution in [0.25, 0.3) is 0 Å². The summed E-state index contributed by atoms with van der Waals surface area (Å²) in [6.45, 7) is 8.36. The van der Waals surface area contributed by atoms with Crippen LogP contribution < -0.4 is 0 Å². The van der Waals surface area contributed by atoms with Crippen molar-refractivity contribution in [2.45, 2.75) is 53.0 Å². The van der Waals surface area contributed by atoms with Crippen molar-refractivity contribution in [3.8, 4) is 0 Å². The lowest BCUT2D eigenvalue weighted by Gasteiger charge is -2.33. The van der Waals surface area contributed by atoms with Crippen molar-refractivity contribution >= 4 is 0 Å². The van der Waals surface area contributed by atoms with E-state index < -0.39 is 5.41 Å². The highest BCUT2D eigenvalue weighted by atomic mass is 16.3. The van der Waals surface area contributed by atoms with Crippen LogP contribution in [0.15, 0.2) is 12.3 Å². The molecule has 0 fully saturated rings. The Morgan fingerprint density at radius 1 is 1.21 bits per heavy atom. The standard InChI is InChI=1S/C15H28N2O2/c1-5-14(6-2)17-8-7-13(16-17)9-15(10-18,11-19)12(3)4/h7-8,12,14,18-19H,5-6,9-11H2,1-4H3. The molecule has 0 atom stereocenters. The summed E-state index contributed by atoms with van der Waals surface area (Å²) in [6, 6.07) is 2.44. The molecular formula is C15H28N2O2. The first-order chi connectivity index (χ1) is 9.02. The lowest BCUT2D eigenvalue weighted by molar-refractivity contribution is 0.0154. The summed E-state index contributed by atoms with van der Waals surface area (Å²) in [5, 5.41) is 23.9. The molecule has 0 aromatic carbocycles. The Balaban J connectivity index is 2.87. The summed E-state index contributed by atoms with van der Waals surface area (Å²) in [4.78, 5) is 0. The first-order valence-corrected chi connectivity index (χ1v) is 7.28. The normalized spacial score (nSPS) is 12.6. The fraction of sp³-hybridized carbons (Fsp3) is 0.800. The first kappa shape index (κ1) is 16.2. The third-order valence-corrected chi connectivity index (χ3v) is 4.37. The van der Waals surface area contributed by atoms with E-state index >= 15 is 0 Å². The second kappa shape index (κ2) is 7.06. The van der Waals surface area contributed by atoms with Crippen LogP contribution in [0.4, 0.5) is 0 Å². The third kappa shape index (κ3) is 3.57. The Bertz CT molecular complexity index is 366. The summed E-state index contributed by atoms with van der Waals surface area (Å²) in [5.74, 6) is 0.209. The molecule has 0 aliphatic heterocycles. The van der Waals surface area contributed by atoms with Gasteiger partial charge in [-0.1, -0.05) is 27.7 Å². The van der Waals surface area contributed by atoms with Gasteiger partial charge in [0.2, 0.25) is 0 Å². The van der Waals surface area contributed by atoms with Crippen molar-refractivity contribution in [2.75, 3.05) is 13.2 Å². The molecule has 0 aliphatic rings. The van der Waals surface area contributed by atoms with Gasteiger partial charge < -0.3 is 10.2 Å². The zero-order valence-electron chi connectivity index (χ0n) is 12.6. The molecule has 1 heterocycles. The second-order valence-electron chi connectivity index (χ2n) is 5.77.